The zero-order valence-corrected chi connectivity index (χ0v) is 17.2. The van der Waals surface area contributed by atoms with E-state index in [1.165, 1.54) is 12.3 Å². The lowest BCUT2D eigenvalue weighted by molar-refractivity contribution is -0.149. The number of hydrogen-bond donors (Lipinski definition) is 3. The fourth-order valence-corrected chi connectivity index (χ4v) is 2.44. The van der Waals surface area contributed by atoms with Gasteiger partial charge in [0.25, 0.3) is 5.91 Å². The average Bonchev–Trinajstić information content (AvgIpc) is 2.68. The molecule has 30 heavy (non-hydrogen) atoms. The van der Waals surface area contributed by atoms with Crippen LogP contribution in [0.15, 0.2) is 12.3 Å². The minimum atomic E-state index is -1.35. The number of aromatic nitrogens is 1. The van der Waals surface area contributed by atoms with Gasteiger partial charge in [0.2, 0.25) is 0 Å². The van der Waals surface area contributed by atoms with Gasteiger partial charge in [0, 0.05) is 6.20 Å². The smallest absolute Gasteiger partial charge is 0.408 e. The lowest BCUT2D eigenvalue weighted by Crippen LogP contribution is -2.45. The van der Waals surface area contributed by atoms with E-state index in [4.69, 9.17) is 14.2 Å². The summed E-state index contributed by atoms with van der Waals surface area (Å²) in [7, 11) is 0. The summed E-state index contributed by atoms with van der Waals surface area (Å²) in [4.78, 5) is 52.5. The van der Waals surface area contributed by atoms with Crippen LogP contribution in [0.2, 0.25) is 0 Å². The highest BCUT2D eigenvalue weighted by Gasteiger charge is 2.31. The van der Waals surface area contributed by atoms with E-state index in [0.717, 1.165) is 0 Å². The predicted molar refractivity (Wildman–Crippen MR) is 102 cm³/mol. The highest BCUT2D eigenvalue weighted by molar-refractivity contribution is 5.98. The van der Waals surface area contributed by atoms with E-state index in [-0.39, 0.29) is 24.7 Å². The van der Waals surface area contributed by atoms with Crippen LogP contribution in [-0.2, 0) is 23.8 Å². The van der Waals surface area contributed by atoms with E-state index in [1.807, 2.05) is 0 Å². The summed E-state index contributed by atoms with van der Waals surface area (Å²) in [5, 5.41) is 14.8. The second kappa shape index (κ2) is 9.42. The predicted octanol–water partition coefficient (Wildman–Crippen LogP) is 0.577. The zero-order chi connectivity index (χ0) is 22.5. The third-order valence-corrected chi connectivity index (χ3v) is 3.89. The van der Waals surface area contributed by atoms with E-state index in [2.05, 4.69) is 15.6 Å². The topological polar surface area (TPSA) is 153 Å². The maximum Gasteiger partial charge on any atom is 0.408 e. The van der Waals surface area contributed by atoms with E-state index >= 15 is 0 Å². The van der Waals surface area contributed by atoms with Gasteiger partial charge < -0.3 is 30.0 Å². The van der Waals surface area contributed by atoms with Gasteiger partial charge >= 0.3 is 18.0 Å². The van der Waals surface area contributed by atoms with Gasteiger partial charge in [-0.1, -0.05) is 0 Å². The normalized spacial score (nSPS) is 20.0. The van der Waals surface area contributed by atoms with Crippen LogP contribution in [0.5, 0.6) is 5.75 Å². The first-order chi connectivity index (χ1) is 14.0. The standard InChI is InChI=1S/C19H25N3O8/c1-10-5-6-20-14(15(10)24)16(25)22-12-7-13(23)28-8-11(9-29-17(12)26)21-18(27)30-19(2,3)4/h5-6,11-12,24H,7-9H2,1-4H3,(H,21,27)(H,22,25)/t11?,12-/m0/s1. The van der Waals surface area contributed by atoms with Gasteiger partial charge in [-0.05, 0) is 39.3 Å². The molecule has 0 aliphatic carbocycles. The Hall–Kier alpha value is -3.37. The first-order valence-corrected chi connectivity index (χ1v) is 9.23. The molecule has 1 unspecified atom stereocenters. The number of rotatable bonds is 3. The molecule has 1 saturated heterocycles. The summed E-state index contributed by atoms with van der Waals surface area (Å²) in [5.74, 6) is -2.87. The number of aryl methyl sites for hydroxylation is 1. The summed E-state index contributed by atoms with van der Waals surface area (Å²) in [6, 6.07) is -0.674. The Morgan fingerprint density at radius 2 is 1.87 bits per heavy atom. The summed E-state index contributed by atoms with van der Waals surface area (Å²) in [6.07, 6.45) is 0.0767. The van der Waals surface area contributed by atoms with Crippen molar-refractivity contribution in [1.29, 1.82) is 0 Å². The minimum Gasteiger partial charge on any atom is -0.505 e. The number of carbonyl (C=O) groups excluding carboxylic acids is 4. The van der Waals surface area contributed by atoms with Gasteiger partial charge in [-0.2, -0.15) is 0 Å². The summed E-state index contributed by atoms with van der Waals surface area (Å²) in [5.41, 5.74) is -0.607. The summed E-state index contributed by atoms with van der Waals surface area (Å²) >= 11 is 0. The number of esters is 2. The second-order valence-corrected chi connectivity index (χ2v) is 7.71. The van der Waals surface area contributed by atoms with Crippen molar-refractivity contribution in [3.05, 3.63) is 23.5 Å². The number of nitrogens with zero attached hydrogens (tertiary/aromatic N) is 1. The van der Waals surface area contributed by atoms with Crippen molar-refractivity contribution in [3.8, 4) is 5.75 Å². The maximum absolute atomic E-state index is 12.4. The highest BCUT2D eigenvalue weighted by Crippen LogP contribution is 2.19. The Balaban J connectivity index is 2.04. The fraction of sp³-hybridized carbons (Fsp3) is 0.526. The number of pyridine rings is 1. The molecule has 2 heterocycles. The first-order valence-electron chi connectivity index (χ1n) is 9.23. The fourth-order valence-electron chi connectivity index (χ4n) is 2.44. The molecule has 3 N–H and O–H groups in total. The van der Waals surface area contributed by atoms with E-state index in [9.17, 15) is 24.3 Å². The molecule has 164 valence electrons. The molecule has 1 aliphatic rings. The number of hydrogen-bond acceptors (Lipinski definition) is 9. The number of aromatic hydroxyl groups is 1. The zero-order valence-electron chi connectivity index (χ0n) is 17.2. The molecule has 0 bridgehead atoms. The number of cyclic esters (lactones) is 2. The molecule has 2 atom stereocenters. The number of amides is 2. The molecule has 1 aromatic rings. The van der Waals surface area contributed by atoms with Gasteiger partial charge in [0.15, 0.2) is 5.69 Å². The van der Waals surface area contributed by atoms with Crippen LogP contribution in [0.4, 0.5) is 4.79 Å². The third kappa shape index (κ3) is 6.61. The average molecular weight is 423 g/mol. The number of nitrogens with one attached hydrogen (secondary N) is 2. The monoisotopic (exact) mass is 423 g/mol. The third-order valence-electron chi connectivity index (χ3n) is 3.89. The van der Waals surface area contributed by atoms with Crippen LogP contribution < -0.4 is 10.6 Å². The molecule has 11 heteroatoms. The Bertz CT molecular complexity index is 834. The van der Waals surface area contributed by atoms with Crippen molar-refractivity contribution in [2.24, 2.45) is 0 Å². The van der Waals surface area contributed by atoms with Crippen molar-refractivity contribution in [1.82, 2.24) is 15.6 Å². The summed E-state index contributed by atoms with van der Waals surface area (Å²) in [6.45, 7) is 6.09. The number of carbonyl (C=O) groups is 4. The van der Waals surface area contributed by atoms with Gasteiger partial charge in [-0.15, -0.1) is 0 Å². The van der Waals surface area contributed by atoms with Crippen LogP contribution in [0.1, 0.15) is 43.2 Å². The molecule has 0 spiro atoms. The molecule has 1 fully saturated rings. The quantitative estimate of drug-likeness (QED) is 0.468. The molecule has 0 saturated carbocycles. The number of ether oxygens (including phenoxy) is 3. The Kier molecular flexibility index (Phi) is 7.19. The Labute approximate surface area is 173 Å². The van der Waals surface area contributed by atoms with Crippen LogP contribution in [-0.4, -0.2) is 64.9 Å². The van der Waals surface area contributed by atoms with Gasteiger partial charge in [0.1, 0.15) is 36.6 Å². The molecule has 1 aromatic heterocycles. The molecular weight excluding hydrogens is 398 g/mol. The van der Waals surface area contributed by atoms with Crippen molar-refractivity contribution in [3.63, 3.8) is 0 Å². The first kappa shape index (κ1) is 22.9. The van der Waals surface area contributed by atoms with Crippen molar-refractivity contribution in [2.45, 2.75) is 51.8 Å². The lowest BCUT2D eigenvalue weighted by Gasteiger charge is -2.23. The molecule has 11 nitrogen and oxygen atoms in total. The molecule has 1 aliphatic heterocycles. The molecule has 2 amide bonds. The van der Waals surface area contributed by atoms with Gasteiger partial charge in [0.05, 0.1) is 6.42 Å². The number of alkyl carbamates (subject to hydrolysis) is 1. The highest BCUT2D eigenvalue weighted by atomic mass is 16.6. The lowest BCUT2D eigenvalue weighted by atomic mass is 10.1. The molecule has 0 radical (unpaired) electrons. The van der Waals surface area contributed by atoms with Crippen molar-refractivity contribution >= 4 is 23.9 Å². The summed E-state index contributed by atoms with van der Waals surface area (Å²) < 4.78 is 15.3. The molecular formula is C19H25N3O8. The van der Waals surface area contributed by atoms with E-state index in [1.54, 1.807) is 27.7 Å². The second-order valence-electron chi connectivity index (χ2n) is 7.71. The van der Waals surface area contributed by atoms with Crippen LogP contribution in [0.3, 0.4) is 0 Å². The SMILES string of the molecule is Cc1ccnc(C(=O)N[C@H]2CC(=O)OCC(NC(=O)OC(C)(C)C)COC2=O)c1O. The van der Waals surface area contributed by atoms with Crippen molar-refractivity contribution < 1.29 is 38.5 Å². The largest absolute Gasteiger partial charge is 0.505 e. The van der Waals surface area contributed by atoms with Crippen molar-refractivity contribution in [2.75, 3.05) is 13.2 Å². The molecule has 2 rings (SSSR count). The van der Waals surface area contributed by atoms with Crippen LogP contribution in [0, 0.1) is 6.92 Å². The van der Waals surface area contributed by atoms with Gasteiger partial charge in [-0.3, -0.25) is 9.59 Å². The van der Waals surface area contributed by atoms with E-state index in [0.29, 0.717) is 5.56 Å². The van der Waals surface area contributed by atoms with Crippen LogP contribution >= 0.6 is 0 Å². The Morgan fingerprint density at radius 1 is 1.20 bits per heavy atom. The minimum absolute atomic E-state index is 0.244. The van der Waals surface area contributed by atoms with Gasteiger partial charge in [-0.25, -0.2) is 14.6 Å². The van der Waals surface area contributed by atoms with E-state index < -0.39 is 48.0 Å². The maximum atomic E-state index is 12.4. The molecule has 0 aromatic carbocycles. The van der Waals surface area contributed by atoms with Crippen LogP contribution in [0.25, 0.3) is 0 Å². The Morgan fingerprint density at radius 3 is 2.53 bits per heavy atom.